The molecule has 0 radical (unpaired) electrons. The van der Waals surface area contributed by atoms with Crippen molar-refractivity contribution in [3.05, 3.63) is 104 Å². The maximum Gasteiger partial charge on any atom is 0.440 e. The Hall–Kier alpha value is -4.04. The molecule has 0 saturated heterocycles. The summed E-state index contributed by atoms with van der Waals surface area (Å²) < 4.78 is 11.7. The van der Waals surface area contributed by atoms with Crippen LogP contribution in [-0.4, -0.2) is 27.0 Å². The number of rotatable bonds is 10. The van der Waals surface area contributed by atoms with Gasteiger partial charge in [-0.05, 0) is 85.3 Å². The van der Waals surface area contributed by atoms with E-state index >= 15 is 0 Å². The van der Waals surface area contributed by atoms with Crippen LogP contribution >= 0.6 is 0 Å². The molecule has 37 heavy (non-hydrogen) atoms. The predicted molar refractivity (Wildman–Crippen MR) is 144 cm³/mol. The first kappa shape index (κ1) is 26.0. The summed E-state index contributed by atoms with van der Waals surface area (Å²) in [6, 6.07) is 20.1. The predicted octanol–water partition coefficient (Wildman–Crippen LogP) is 4.61. The number of aryl methyl sites for hydroxylation is 1. The molecule has 0 aliphatic rings. The van der Waals surface area contributed by atoms with Crippen LogP contribution in [0.1, 0.15) is 42.5 Å². The molecule has 0 fully saturated rings. The van der Waals surface area contributed by atoms with Crippen molar-refractivity contribution in [1.29, 1.82) is 0 Å². The number of hydrogen-bond acceptors (Lipinski definition) is 6. The van der Waals surface area contributed by atoms with E-state index in [0.717, 1.165) is 32.9 Å². The summed E-state index contributed by atoms with van der Waals surface area (Å²) in [5, 5.41) is 13.3. The molecular formula is C29H33N3O5. The number of hydrogen-bond donors (Lipinski definition) is 3. The number of anilines is 1. The SMILES string of the molecule is Cc1cc(OCCC(C)(C)O)ccc1-c1cccc(CNc2ccc(Cn3oc(=O)[nH]c3=O)cc2)c1C. The Morgan fingerprint density at radius 1 is 1.03 bits per heavy atom. The average Bonchev–Trinajstić information content (AvgIpc) is 3.15. The molecule has 0 atom stereocenters. The lowest BCUT2D eigenvalue weighted by Crippen LogP contribution is -2.21. The Bertz CT molecular complexity index is 1470. The molecule has 0 aliphatic heterocycles. The summed E-state index contributed by atoms with van der Waals surface area (Å²) in [4.78, 5) is 24.9. The first-order valence-corrected chi connectivity index (χ1v) is 12.3. The van der Waals surface area contributed by atoms with Gasteiger partial charge in [0.2, 0.25) is 0 Å². The van der Waals surface area contributed by atoms with E-state index in [2.05, 4.69) is 48.4 Å². The van der Waals surface area contributed by atoms with Crippen molar-refractivity contribution in [2.45, 2.75) is 52.8 Å². The summed E-state index contributed by atoms with van der Waals surface area (Å²) in [5.41, 5.74) is 6.33. The van der Waals surface area contributed by atoms with Crippen LogP contribution in [0.15, 0.2) is 74.8 Å². The Kier molecular flexibility index (Phi) is 7.69. The van der Waals surface area contributed by atoms with Gasteiger partial charge in [-0.3, -0.25) is 0 Å². The summed E-state index contributed by atoms with van der Waals surface area (Å²) >= 11 is 0. The van der Waals surface area contributed by atoms with Crippen LogP contribution in [-0.2, 0) is 13.1 Å². The van der Waals surface area contributed by atoms with Gasteiger partial charge in [-0.25, -0.2) is 14.6 Å². The van der Waals surface area contributed by atoms with Gasteiger partial charge >= 0.3 is 11.4 Å². The quantitative estimate of drug-likeness (QED) is 0.292. The lowest BCUT2D eigenvalue weighted by atomic mass is 9.93. The van der Waals surface area contributed by atoms with Crippen molar-refractivity contribution in [3.63, 3.8) is 0 Å². The van der Waals surface area contributed by atoms with Gasteiger partial charge in [0.15, 0.2) is 0 Å². The highest BCUT2D eigenvalue weighted by molar-refractivity contribution is 5.72. The molecule has 0 spiro atoms. The van der Waals surface area contributed by atoms with Crippen molar-refractivity contribution >= 4 is 5.69 Å². The van der Waals surface area contributed by atoms with Crippen LogP contribution in [0.4, 0.5) is 5.69 Å². The minimum Gasteiger partial charge on any atom is -0.493 e. The summed E-state index contributed by atoms with van der Waals surface area (Å²) in [5.74, 6) is 0.0375. The maximum absolute atomic E-state index is 11.6. The summed E-state index contributed by atoms with van der Waals surface area (Å²) in [7, 11) is 0. The minimum atomic E-state index is -0.762. The van der Waals surface area contributed by atoms with Crippen molar-refractivity contribution in [1.82, 2.24) is 9.72 Å². The van der Waals surface area contributed by atoms with Gasteiger partial charge in [0.1, 0.15) is 5.75 Å². The van der Waals surface area contributed by atoms with Crippen LogP contribution < -0.4 is 21.5 Å². The zero-order valence-corrected chi connectivity index (χ0v) is 21.6. The molecule has 8 nitrogen and oxygen atoms in total. The number of aromatic nitrogens is 2. The molecule has 3 aromatic carbocycles. The molecule has 0 bridgehead atoms. The van der Waals surface area contributed by atoms with E-state index in [-0.39, 0.29) is 6.54 Å². The average molecular weight is 504 g/mol. The highest BCUT2D eigenvalue weighted by atomic mass is 16.5. The molecule has 3 N–H and O–H groups in total. The van der Waals surface area contributed by atoms with Gasteiger partial charge in [-0.1, -0.05) is 36.4 Å². The van der Waals surface area contributed by atoms with Crippen molar-refractivity contribution in [3.8, 4) is 16.9 Å². The zero-order valence-electron chi connectivity index (χ0n) is 21.6. The summed E-state index contributed by atoms with van der Waals surface area (Å²) in [6.45, 7) is 9.07. The molecule has 0 amide bonds. The first-order valence-electron chi connectivity index (χ1n) is 12.3. The molecule has 1 aromatic heterocycles. The van der Waals surface area contributed by atoms with Crippen LogP contribution in [0.5, 0.6) is 5.75 Å². The molecule has 4 aromatic rings. The van der Waals surface area contributed by atoms with E-state index in [1.165, 1.54) is 16.7 Å². The molecule has 0 aliphatic carbocycles. The highest BCUT2D eigenvalue weighted by Gasteiger charge is 2.13. The van der Waals surface area contributed by atoms with Crippen LogP contribution in [0.3, 0.4) is 0 Å². The smallest absolute Gasteiger partial charge is 0.440 e. The van der Waals surface area contributed by atoms with Crippen LogP contribution in [0, 0.1) is 13.8 Å². The standard InChI is InChI=1S/C29H33N3O5/c1-19-16-24(36-15-14-29(3,4)35)12-13-25(19)26-7-5-6-22(20(26)2)17-30-23-10-8-21(9-11-23)18-32-27(33)31-28(34)37-32/h5-13,16,30,35H,14-15,17-18H2,1-4H3,(H,31,33,34). The zero-order chi connectivity index (χ0) is 26.6. The van der Waals surface area contributed by atoms with Gasteiger partial charge in [-0.2, -0.15) is 0 Å². The fourth-order valence-corrected chi connectivity index (χ4v) is 4.12. The number of nitrogens with one attached hydrogen (secondary N) is 2. The summed E-state index contributed by atoms with van der Waals surface area (Å²) in [6.07, 6.45) is 0.565. The van der Waals surface area contributed by atoms with E-state index in [0.29, 0.717) is 19.6 Å². The van der Waals surface area contributed by atoms with Crippen LogP contribution in [0.25, 0.3) is 11.1 Å². The van der Waals surface area contributed by atoms with E-state index < -0.39 is 17.0 Å². The Morgan fingerprint density at radius 2 is 1.78 bits per heavy atom. The largest absolute Gasteiger partial charge is 0.493 e. The number of ether oxygens (including phenoxy) is 1. The Labute approximate surface area is 215 Å². The van der Waals surface area contributed by atoms with E-state index in [1.54, 1.807) is 13.8 Å². The monoisotopic (exact) mass is 503 g/mol. The Morgan fingerprint density at radius 3 is 2.43 bits per heavy atom. The fraction of sp³-hybridized carbons (Fsp3) is 0.310. The van der Waals surface area contributed by atoms with Crippen LogP contribution in [0.2, 0.25) is 0 Å². The van der Waals surface area contributed by atoms with Crippen molar-refractivity contribution in [2.75, 3.05) is 11.9 Å². The second-order valence-electron chi connectivity index (χ2n) is 9.87. The molecule has 0 unspecified atom stereocenters. The first-order chi connectivity index (χ1) is 17.6. The van der Waals surface area contributed by atoms with Gasteiger partial charge in [0, 0.05) is 18.7 Å². The van der Waals surface area contributed by atoms with E-state index in [4.69, 9.17) is 9.26 Å². The molecule has 8 heteroatoms. The minimum absolute atomic E-state index is 0.182. The van der Waals surface area contributed by atoms with Gasteiger partial charge in [0.05, 0.1) is 18.8 Å². The third-order valence-corrected chi connectivity index (χ3v) is 6.31. The number of nitrogens with zero attached hydrogens (tertiary/aromatic N) is 1. The number of benzene rings is 3. The van der Waals surface area contributed by atoms with Gasteiger partial charge in [0.25, 0.3) is 0 Å². The molecule has 1 heterocycles. The molecular weight excluding hydrogens is 470 g/mol. The number of aliphatic hydroxyl groups is 1. The van der Waals surface area contributed by atoms with E-state index in [9.17, 15) is 14.7 Å². The topological polar surface area (TPSA) is 109 Å². The third-order valence-electron chi connectivity index (χ3n) is 6.31. The number of H-pyrrole nitrogens is 1. The molecule has 194 valence electrons. The van der Waals surface area contributed by atoms with Crippen molar-refractivity contribution in [2.24, 2.45) is 0 Å². The van der Waals surface area contributed by atoms with Gasteiger partial charge in [-0.15, -0.1) is 4.74 Å². The molecule has 0 saturated carbocycles. The normalized spacial score (nSPS) is 11.5. The maximum atomic E-state index is 11.6. The fourth-order valence-electron chi connectivity index (χ4n) is 4.12. The Balaban J connectivity index is 1.41. The third kappa shape index (κ3) is 6.80. The number of aromatic amines is 1. The lowest BCUT2D eigenvalue weighted by molar-refractivity contribution is 0.0553. The second kappa shape index (κ2) is 10.9. The lowest BCUT2D eigenvalue weighted by Gasteiger charge is -2.18. The van der Waals surface area contributed by atoms with Crippen molar-refractivity contribution < 1.29 is 14.4 Å². The second-order valence-corrected chi connectivity index (χ2v) is 9.87. The van der Waals surface area contributed by atoms with Gasteiger partial charge < -0.3 is 19.7 Å². The molecule has 4 rings (SSSR count). The highest BCUT2D eigenvalue weighted by Crippen LogP contribution is 2.31. The van der Waals surface area contributed by atoms with E-state index in [1.807, 2.05) is 36.4 Å².